The fraction of sp³-hybridized carbons (Fsp3) is 0.310. The SMILES string of the molecule is CCOC(=O)c1c(-c2ccsc2)csc1N.CCOC(=O)c1c(-c2ccsc2)csc1NC(=O)CCl.CCOC(=O)c1c(-c2ccsc2)csc1NC(=O)CN1CCCCC1. The van der Waals surface area contributed by atoms with Crippen molar-refractivity contribution in [2.24, 2.45) is 0 Å². The Hall–Kier alpha value is -4.40. The molecule has 1 fully saturated rings. The summed E-state index contributed by atoms with van der Waals surface area (Å²) >= 11 is 14.2. The average Bonchev–Trinajstić information content (AvgIpc) is 4.10. The van der Waals surface area contributed by atoms with Gasteiger partial charge in [0.1, 0.15) is 37.6 Å². The molecule has 0 spiro atoms. The summed E-state index contributed by atoms with van der Waals surface area (Å²) in [6, 6.07) is 5.85. The Bertz CT molecular complexity index is 2330. The number of hydrogen-bond acceptors (Lipinski definition) is 16. The van der Waals surface area contributed by atoms with Crippen LogP contribution in [0.3, 0.4) is 0 Å². The van der Waals surface area contributed by atoms with Crippen molar-refractivity contribution in [2.45, 2.75) is 40.0 Å². The number of nitrogen functional groups attached to an aromatic ring is 1. The van der Waals surface area contributed by atoms with Gasteiger partial charge in [0.2, 0.25) is 11.8 Å². The van der Waals surface area contributed by atoms with Gasteiger partial charge in [-0.05, 0) is 114 Å². The van der Waals surface area contributed by atoms with E-state index in [1.54, 1.807) is 43.4 Å². The van der Waals surface area contributed by atoms with Crippen molar-refractivity contribution in [3.8, 4) is 33.4 Å². The molecule has 0 unspecified atom stereocenters. The minimum absolute atomic E-state index is 0.0776. The van der Waals surface area contributed by atoms with Crippen molar-refractivity contribution in [3.05, 3.63) is 83.3 Å². The molecule has 12 nitrogen and oxygen atoms in total. The maximum atomic E-state index is 12.4. The van der Waals surface area contributed by atoms with Crippen LogP contribution >= 0.6 is 79.6 Å². The minimum Gasteiger partial charge on any atom is -0.462 e. The Labute approximate surface area is 383 Å². The van der Waals surface area contributed by atoms with E-state index in [4.69, 9.17) is 31.5 Å². The molecular weight excluding hydrogens is 916 g/mol. The predicted octanol–water partition coefficient (Wildman–Crippen LogP) is 11.1. The van der Waals surface area contributed by atoms with E-state index in [-0.39, 0.29) is 30.3 Å². The number of amides is 2. The van der Waals surface area contributed by atoms with Crippen molar-refractivity contribution in [2.75, 3.05) is 61.7 Å². The number of rotatable bonds is 14. The highest BCUT2D eigenvalue weighted by Gasteiger charge is 2.25. The molecule has 19 heteroatoms. The number of anilines is 3. The number of carbonyl (C=O) groups is 5. The summed E-state index contributed by atoms with van der Waals surface area (Å²) in [7, 11) is 0. The standard InChI is InChI=1S/C18H22N2O3S2.C13H12ClNO3S2.C11H11NO2S2/c1-2-23-18(22)16-14(13-6-9-24-11-13)12-25-17(16)19-15(21)10-20-7-4-3-5-8-20;1-2-18-13(17)11-9(8-3-4-19-6-8)7-20-12(11)15-10(16)5-14;1-2-14-11(13)9-8(6-16-10(9)12)7-3-4-15-5-7/h6,9,11-12H,2-5,7-8,10H2,1H3,(H,19,21);3-4,6-7H,2,5H2,1H3,(H,15,16);3-6H,2,12H2,1H3. The molecule has 0 bridgehead atoms. The van der Waals surface area contributed by atoms with Gasteiger partial charge < -0.3 is 30.6 Å². The number of piperidine rings is 1. The van der Waals surface area contributed by atoms with Crippen LogP contribution in [-0.4, -0.2) is 80.0 Å². The lowest BCUT2D eigenvalue weighted by atomic mass is 10.1. The fourth-order valence-corrected chi connectivity index (χ4v) is 10.8. The summed E-state index contributed by atoms with van der Waals surface area (Å²) in [5.74, 6) is -1.77. The summed E-state index contributed by atoms with van der Waals surface area (Å²) in [5, 5.41) is 24.5. The molecule has 6 aromatic heterocycles. The monoisotopic (exact) mass is 960 g/mol. The summed E-state index contributed by atoms with van der Waals surface area (Å²) in [5.41, 5.74) is 12.5. The zero-order valence-corrected chi connectivity index (χ0v) is 39.3. The number of thiophene rings is 6. The molecule has 0 atom stereocenters. The summed E-state index contributed by atoms with van der Waals surface area (Å²) < 4.78 is 15.3. The molecule has 0 aromatic carbocycles. The normalized spacial score (nSPS) is 12.3. The number of nitrogens with zero attached hydrogens (tertiary/aromatic N) is 1. The molecule has 2 amide bonds. The van der Waals surface area contributed by atoms with Gasteiger partial charge in [0.05, 0.1) is 26.4 Å². The molecular formula is C42H45ClN4O8S6. The molecule has 7 rings (SSSR count). The molecule has 61 heavy (non-hydrogen) atoms. The van der Waals surface area contributed by atoms with Crippen LogP contribution < -0.4 is 16.4 Å². The van der Waals surface area contributed by atoms with Crippen LogP contribution in [0, 0.1) is 0 Å². The lowest BCUT2D eigenvalue weighted by Crippen LogP contribution is -2.36. The van der Waals surface area contributed by atoms with Gasteiger partial charge in [-0.2, -0.15) is 34.0 Å². The van der Waals surface area contributed by atoms with Crippen molar-refractivity contribution >= 4 is 124 Å². The third-order valence-corrected chi connectivity index (χ3v) is 13.7. The molecule has 0 aliphatic carbocycles. The van der Waals surface area contributed by atoms with Crippen LogP contribution in [0.25, 0.3) is 33.4 Å². The Kier molecular flexibility index (Phi) is 19.0. The molecule has 324 valence electrons. The molecule has 0 saturated carbocycles. The van der Waals surface area contributed by atoms with Gasteiger partial charge in [-0.3, -0.25) is 14.5 Å². The first-order chi connectivity index (χ1) is 29.6. The second-order valence-electron chi connectivity index (χ2n) is 12.9. The molecule has 1 aliphatic heterocycles. The highest BCUT2D eigenvalue weighted by atomic mass is 35.5. The van der Waals surface area contributed by atoms with Gasteiger partial charge in [0.25, 0.3) is 0 Å². The average molecular weight is 962 g/mol. The smallest absolute Gasteiger partial charge is 0.341 e. The van der Waals surface area contributed by atoms with Crippen LogP contribution in [0.4, 0.5) is 15.0 Å². The van der Waals surface area contributed by atoms with Gasteiger partial charge in [-0.1, -0.05) is 6.42 Å². The zero-order chi connectivity index (χ0) is 43.7. The van der Waals surface area contributed by atoms with E-state index in [9.17, 15) is 24.0 Å². The molecule has 1 aliphatic rings. The van der Waals surface area contributed by atoms with Crippen LogP contribution in [0.15, 0.2) is 66.6 Å². The van der Waals surface area contributed by atoms with Crippen molar-refractivity contribution in [1.82, 2.24) is 4.90 Å². The second kappa shape index (κ2) is 24.3. The van der Waals surface area contributed by atoms with Gasteiger partial charge in [-0.15, -0.1) is 45.6 Å². The predicted molar refractivity (Wildman–Crippen MR) is 253 cm³/mol. The summed E-state index contributed by atoms with van der Waals surface area (Å²) in [6.07, 6.45) is 3.52. The fourth-order valence-electron chi connectivity index (χ4n) is 6.04. The topological polar surface area (TPSA) is 166 Å². The van der Waals surface area contributed by atoms with E-state index >= 15 is 0 Å². The number of nitrogens with one attached hydrogen (secondary N) is 2. The van der Waals surface area contributed by atoms with E-state index in [1.807, 2.05) is 66.6 Å². The van der Waals surface area contributed by atoms with Crippen molar-refractivity contribution in [1.29, 1.82) is 0 Å². The Balaban J connectivity index is 0.000000178. The first-order valence-electron chi connectivity index (χ1n) is 19.2. The molecule has 6 aromatic rings. The Morgan fingerprint density at radius 1 is 0.607 bits per heavy atom. The van der Waals surface area contributed by atoms with Gasteiger partial charge in [0, 0.05) is 32.8 Å². The highest BCUT2D eigenvalue weighted by molar-refractivity contribution is 7.16. The quantitative estimate of drug-likeness (QED) is 0.0543. The third kappa shape index (κ3) is 13.1. The number of alkyl halides is 1. The zero-order valence-electron chi connectivity index (χ0n) is 33.6. The van der Waals surface area contributed by atoms with Crippen LogP contribution in [-0.2, 0) is 23.8 Å². The first kappa shape index (κ1) is 47.6. The number of carbonyl (C=O) groups excluding carboxylic acids is 5. The molecule has 4 N–H and O–H groups in total. The number of halogens is 1. The Morgan fingerprint density at radius 3 is 1.43 bits per heavy atom. The lowest BCUT2D eigenvalue weighted by molar-refractivity contribution is -0.117. The van der Waals surface area contributed by atoms with Crippen LogP contribution in [0.2, 0.25) is 0 Å². The highest BCUT2D eigenvalue weighted by Crippen LogP contribution is 2.39. The van der Waals surface area contributed by atoms with E-state index in [2.05, 4.69) is 15.5 Å². The van der Waals surface area contributed by atoms with E-state index in [0.717, 1.165) is 59.3 Å². The number of esters is 3. The lowest BCUT2D eigenvalue weighted by Gasteiger charge is -2.25. The van der Waals surface area contributed by atoms with Crippen molar-refractivity contribution in [3.63, 3.8) is 0 Å². The maximum absolute atomic E-state index is 12.4. The third-order valence-electron chi connectivity index (χ3n) is 8.78. The summed E-state index contributed by atoms with van der Waals surface area (Å²) in [4.78, 5) is 62.3. The van der Waals surface area contributed by atoms with Gasteiger partial charge in [0.15, 0.2) is 0 Å². The second-order valence-corrected chi connectivity index (χ2v) is 18.1. The number of hydrogen-bond donors (Lipinski definition) is 3. The van der Waals surface area contributed by atoms with Crippen LogP contribution in [0.5, 0.6) is 0 Å². The molecule has 0 radical (unpaired) electrons. The largest absolute Gasteiger partial charge is 0.462 e. The number of nitrogens with two attached hydrogens (primary N) is 1. The number of ether oxygens (including phenoxy) is 3. The van der Waals surface area contributed by atoms with Gasteiger partial charge in [-0.25, -0.2) is 14.4 Å². The van der Waals surface area contributed by atoms with E-state index in [0.29, 0.717) is 51.5 Å². The number of likely N-dealkylation sites (tertiary alicyclic amines) is 1. The van der Waals surface area contributed by atoms with Crippen LogP contribution in [0.1, 0.15) is 71.1 Å². The minimum atomic E-state index is -0.445. The molecule has 1 saturated heterocycles. The molecule has 7 heterocycles. The first-order valence-corrected chi connectivity index (χ1v) is 25.2. The van der Waals surface area contributed by atoms with E-state index < -0.39 is 11.9 Å². The Morgan fingerprint density at radius 2 is 1.02 bits per heavy atom. The van der Waals surface area contributed by atoms with E-state index in [1.165, 1.54) is 51.8 Å². The van der Waals surface area contributed by atoms with Gasteiger partial charge >= 0.3 is 17.9 Å². The maximum Gasteiger partial charge on any atom is 0.341 e. The summed E-state index contributed by atoms with van der Waals surface area (Å²) in [6.45, 7) is 8.54. The van der Waals surface area contributed by atoms with Crippen molar-refractivity contribution < 1.29 is 38.2 Å².